The third kappa shape index (κ3) is 11.5. The van der Waals surface area contributed by atoms with Gasteiger partial charge in [-0.3, -0.25) is 0 Å². The minimum absolute atomic E-state index is 0.0573. The first-order chi connectivity index (χ1) is 7.99. The van der Waals surface area contributed by atoms with Crippen molar-refractivity contribution in [2.75, 3.05) is 19.8 Å². The highest BCUT2D eigenvalue weighted by Gasteiger charge is 2.27. The van der Waals surface area contributed by atoms with Crippen LogP contribution in [-0.4, -0.2) is 32.0 Å². The van der Waals surface area contributed by atoms with E-state index < -0.39 is 12.8 Å². The van der Waals surface area contributed by atoms with Crippen LogP contribution in [0.3, 0.4) is 0 Å². The van der Waals surface area contributed by atoms with Crippen LogP contribution in [0.15, 0.2) is 0 Å². The summed E-state index contributed by atoms with van der Waals surface area (Å²) < 4.78 is 40.3. The van der Waals surface area contributed by atoms with Crippen LogP contribution in [0, 0.1) is 11.8 Å². The number of hydrogen-bond donors (Lipinski definition) is 1. The molecule has 0 rings (SSSR count). The Morgan fingerprint density at radius 3 is 2.59 bits per heavy atom. The second-order valence-electron chi connectivity index (χ2n) is 3.75. The minimum atomic E-state index is -4.25. The molecule has 0 aromatic rings. The van der Waals surface area contributed by atoms with E-state index in [-0.39, 0.29) is 12.6 Å². The van der Waals surface area contributed by atoms with Crippen LogP contribution in [-0.2, 0) is 4.74 Å². The fraction of sp³-hybridized carbons (Fsp3) is 0.833. The van der Waals surface area contributed by atoms with Gasteiger partial charge in [-0.2, -0.15) is 13.2 Å². The van der Waals surface area contributed by atoms with Crippen molar-refractivity contribution in [1.82, 2.24) is 5.32 Å². The van der Waals surface area contributed by atoms with Gasteiger partial charge < -0.3 is 10.1 Å². The fourth-order valence-corrected chi connectivity index (χ4v) is 1.28. The number of hydrogen-bond acceptors (Lipinski definition) is 2. The predicted octanol–water partition coefficient (Wildman–Crippen LogP) is 2.74. The topological polar surface area (TPSA) is 21.3 Å². The molecule has 5 heteroatoms. The van der Waals surface area contributed by atoms with E-state index in [1.807, 2.05) is 6.92 Å². The van der Waals surface area contributed by atoms with Crippen molar-refractivity contribution in [2.24, 2.45) is 0 Å². The maximum absolute atomic E-state index is 11.9. The van der Waals surface area contributed by atoms with Crippen LogP contribution >= 0.6 is 0 Å². The lowest BCUT2D eigenvalue weighted by molar-refractivity contribution is -0.175. The van der Waals surface area contributed by atoms with E-state index in [1.165, 1.54) is 0 Å². The van der Waals surface area contributed by atoms with E-state index in [4.69, 9.17) is 0 Å². The molecule has 17 heavy (non-hydrogen) atoms. The van der Waals surface area contributed by atoms with E-state index >= 15 is 0 Å². The molecule has 0 aliphatic rings. The van der Waals surface area contributed by atoms with Crippen molar-refractivity contribution in [3.05, 3.63) is 0 Å². The van der Waals surface area contributed by atoms with Crippen LogP contribution in [0.2, 0.25) is 0 Å². The van der Waals surface area contributed by atoms with Gasteiger partial charge in [-0.15, -0.1) is 11.8 Å². The lowest BCUT2D eigenvalue weighted by atomic mass is 10.1. The first-order valence-electron chi connectivity index (χ1n) is 5.77. The van der Waals surface area contributed by atoms with E-state index in [1.54, 1.807) is 6.92 Å². The smallest absolute Gasteiger partial charge is 0.370 e. The largest absolute Gasteiger partial charge is 0.411 e. The van der Waals surface area contributed by atoms with Gasteiger partial charge in [0, 0.05) is 12.5 Å². The molecule has 0 aromatic carbocycles. The molecule has 0 saturated carbocycles. The number of halogens is 3. The molecule has 0 amide bonds. The van der Waals surface area contributed by atoms with Gasteiger partial charge in [0.05, 0.1) is 6.61 Å². The van der Waals surface area contributed by atoms with E-state index in [2.05, 4.69) is 21.9 Å². The highest BCUT2D eigenvalue weighted by molar-refractivity contribution is 4.95. The molecule has 1 unspecified atom stereocenters. The van der Waals surface area contributed by atoms with Gasteiger partial charge >= 0.3 is 6.18 Å². The van der Waals surface area contributed by atoms with Crippen molar-refractivity contribution in [3.63, 3.8) is 0 Å². The Morgan fingerprint density at radius 2 is 2.06 bits per heavy atom. The Bertz CT molecular complexity index is 242. The Hall–Kier alpha value is -0.730. The average Bonchev–Trinajstić information content (AvgIpc) is 2.23. The highest BCUT2D eigenvalue weighted by atomic mass is 19.4. The Morgan fingerprint density at radius 1 is 1.35 bits per heavy atom. The zero-order valence-electron chi connectivity index (χ0n) is 10.4. The van der Waals surface area contributed by atoms with Gasteiger partial charge in [-0.05, 0) is 26.3 Å². The lowest BCUT2D eigenvalue weighted by Crippen LogP contribution is -2.35. The van der Waals surface area contributed by atoms with Crippen molar-refractivity contribution in [2.45, 2.75) is 45.3 Å². The average molecular weight is 251 g/mol. The van der Waals surface area contributed by atoms with Crippen molar-refractivity contribution in [1.29, 1.82) is 0 Å². The summed E-state index contributed by atoms with van der Waals surface area (Å²) in [5, 5.41) is 3.15. The predicted molar refractivity (Wildman–Crippen MR) is 61.6 cm³/mol. The molecular formula is C12H20F3NO. The third-order valence-electron chi connectivity index (χ3n) is 2.06. The summed E-state index contributed by atoms with van der Waals surface area (Å²) in [4.78, 5) is 0. The second-order valence-corrected chi connectivity index (χ2v) is 3.75. The zero-order valence-corrected chi connectivity index (χ0v) is 10.4. The van der Waals surface area contributed by atoms with Gasteiger partial charge in [0.2, 0.25) is 0 Å². The number of rotatable bonds is 8. The molecule has 2 nitrogen and oxygen atoms in total. The number of nitrogens with one attached hydrogen (secondary N) is 1. The van der Waals surface area contributed by atoms with Crippen molar-refractivity contribution in [3.8, 4) is 11.8 Å². The minimum Gasteiger partial charge on any atom is -0.370 e. The first-order valence-corrected chi connectivity index (χ1v) is 5.77. The Labute approximate surface area is 101 Å². The summed E-state index contributed by atoms with van der Waals surface area (Å²) in [6.07, 6.45) is -1.93. The Balaban J connectivity index is 3.86. The van der Waals surface area contributed by atoms with Crippen molar-refractivity contribution < 1.29 is 17.9 Å². The summed E-state index contributed by atoms with van der Waals surface area (Å²) in [5.74, 6) is 5.65. The van der Waals surface area contributed by atoms with Gasteiger partial charge in [-0.25, -0.2) is 0 Å². The monoisotopic (exact) mass is 251 g/mol. The standard InChI is InChI=1S/C12H20F3NO/c1-3-5-6-7-11(16-8-4-2)9-17-10-12(13,14)15/h11,16H,4,6-10H2,1-2H3. The van der Waals surface area contributed by atoms with Gasteiger partial charge in [0.15, 0.2) is 0 Å². The summed E-state index contributed by atoms with van der Waals surface area (Å²) in [5.41, 5.74) is 0. The molecule has 1 N–H and O–H groups in total. The van der Waals surface area contributed by atoms with Crippen LogP contribution < -0.4 is 5.32 Å². The summed E-state index contributed by atoms with van der Waals surface area (Å²) in [6.45, 7) is 3.42. The number of ether oxygens (including phenoxy) is 1. The molecular weight excluding hydrogens is 231 g/mol. The molecule has 0 aliphatic carbocycles. The van der Waals surface area contributed by atoms with E-state index in [0.29, 0.717) is 12.8 Å². The SMILES string of the molecule is CC#CCCC(COCC(F)(F)F)NCCC. The molecule has 0 aromatic heterocycles. The molecule has 100 valence electrons. The molecule has 0 heterocycles. The van der Waals surface area contributed by atoms with E-state index in [9.17, 15) is 13.2 Å². The maximum Gasteiger partial charge on any atom is 0.411 e. The van der Waals surface area contributed by atoms with Crippen LogP contribution in [0.25, 0.3) is 0 Å². The molecule has 0 saturated heterocycles. The van der Waals surface area contributed by atoms with Crippen LogP contribution in [0.5, 0.6) is 0 Å². The number of alkyl halides is 3. The highest BCUT2D eigenvalue weighted by Crippen LogP contribution is 2.14. The summed E-state index contributed by atoms with van der Waals surface area (Å²) >= 11 is 0. The molecule has 1 atom stereocenters. The molecule has 0 fully saturated rings. The zero-order chi connectivity index (χ0) is 13.1. The van der Waals surface area contributed by atoms with Crippen molar-refractivity contribution >= 4 is 0 Å². The lowest BCUT2D eigenvalue weighted by Gasteiger charge is -2.18. The molecule has 0 aliphatic heterocycles. The quantitative estimate of drug-likeness (QED) is 0.670. The first kappa shape index (κ1) is 16.3. The summed E-state index contributed by atoms with van der Waals surface area (Å²) in [6, 6.07) is -0.0573. The summed E-state index contributed by atoms with van der Waals surface area (Å²) in [7, 11) is 0. The molecule has 0 spiro atoms. The Kier molecular flexibility index (Phi) is 8.92. The van der Waals surface area contributed by atoms with E-state index in [0.717, 1.165) is 13.0 Å². The fourth-order valence-electron chi connectivity index (χ4n) is 1.28. The normalized spacial score (nSPS) is 13.0. The van der Waals surface area contributed by atoms with Gasteiger partial charge in [0.25, 0.3) is 0 Å². The molecule has 0 bridgehead atoms. The van der Waals surface area contributed by atoms with Crippen LogP contribution in [0.4, 0.5) is 13.2 Å². The maximum atomic E-state index is 11.9. The van der Waals surface area contributed by atoms with Gasteiger partial charge in [-0.1, -0.05) is 6.92 Å². The third-order valence-corrected chi connectivity index (χ3v) is 2.06. The molecule has 0 radical (unpaired) electrons. The second kappa shape index (κ2) is 9.32. The van der Waals surface area contributed by atoms with Gasteiger partial charge in [0.1, 0.15) is 6.61 Å². The van der Waals surface area contributed by atoms with Crippen LogP contribution in [0.1, 0.15) is 33.1 Å².